The summed E-state index contributed by atoms with van der Waals surface area (Å²) in [5.41, 5.74) is 1.39. The number of hydrogen-bond donors (Lipinski definition) is 1. The van der Waals surface area contributed by atoms with Gasteiger partial charge in [0.05, 0.1) is 28.9 Å². The van der Waals surface area contributed by atoms with Crippen LogP contribution in [0.1, 0.15) is 65.7 Å². The Balaban J connectivity index is 1.69. The van der Waals surface area contributed by atoms with Crippen LogP contribution in [0.5, 0.6) is 0 Å². The van der Waals surface area contributed by atoms with Crippen molar-refractivity contribution in [1.29, 1.82) is 0 Å². The Morgan fingerprint density at radius 2 is 1.72 bits per heavy atom. The fourth-order valence-corrected chi connectivity index (χ4v) is 4.45. The van der Waals surface area contributed by atoms with E-state index >= 15 is 0 Å². The van der Waals surface area contributed by atoms with Gasteiger partial charge >= 0.3 is 11.9 Å². The first-order chi connectivity index (χ1) is 15.2. The second-order valence-corrected chi connectivity index (χ2v) is 8.09. The highest BCUT2D eigenvalue weighted by Crippen LogP contribution is 2.34. The molecule has 1 aliphatic rings. The highest BCUT2D eigenvalue weighted by atomic mass is 32.1. The molecular formula is C22H22N2O7S. The Morgan fingerprint density at radius 3 is 2.38 bits per heavy atom. The van der Waals surface area contributed by atoms with Gasteiger partial charge in [-0.1, -0.05) is 6.92 Å². The lowest BCUT2D eigenvalue weighted by Gasteiger charge is -2.08. The molecule has 2 heterocycles. The van der Waals surface area contributed by atoms with Crippen LogP contribution in [0.15, 0.2) is 18.2 Å². The van der Waals surface area contributed by atoms with Crippen molar-refractivity contribution < 1.29 is 33.4 Å². The van der Waals surface area contributed by atoms with E-state index in [1.54, 1.807) is 13.8 Å². The largest absolute Gasteiger partial charge is 0.462 e. The van der Waals surface area contributed by atoms with Crippen LogP contribution in [-0.4, -0.2) is 54.8 Å². The minimum Gasteiger partial charge on any atom is -0.462 e. The molecule has 3 rings (SSSR count). The van der Waals surface area contributed by atoms with E-state index in [4.69, 9.17) is 9.47 Å². The number of amides is 3. The van der Waals surface area contributed by atoms with Crippen molar-refractivity contribution in [2.45, 2.75) is 27.2 Å². The van der Waals surface area contributed by atoms with Gasteiger partial charge in [-0.25, -0.2) is 9.59 Å². The SMILES string of the molecule is CCOC(=O)c1c(NC(=O)COC(=O)c2ccc3c(c2)C(=O)N(C)C3=O)sc(CC)c1C. The predicted molar refractivity (Wildman–Crippen MR) is 116 cm³/mol. The van der Waals surface area contributed by atoms with E-state index in [0.29, 0.717) is 17.0 Å². The van der Waals surface area contributed by atoms with E-state index in [0.717, 1.165) is 15.3 Å². The third kappa shape index (κ3) is 4.26. The molecule has 10 heteroatoms. The zero-order valence-electron chi connectivity index (χ0n) is 18.1. The molecule has 0 unspecified atom stereocenters. The molecule has 0 atom stereocenters. The number of fused-ring (bicyclic) bond motifs is 1. The summed E-state index contributed by atoms with van der Waals surface area (Å²) in [4.78, 5) is 63.0. The molecule has 0 saturated carbocycles. The van der Waals surface area contributed by atoms with E-state index in [2.05, 4.69) is 5.32 Å². The molecule has 0 aliphatic carbocycles. The Bertz CT molecular complexity index is 1140. The quantitative estimate of drug-likeness (QED) is 0.500. The van der Waals surface area contributed by atoms with Crippen molar-refractivity contribution in [2.75, 3.05) is 25.6 Å². The number of carbonyl (C=O) groups excluding carboxylic acids is 5. The molecule has 3 amide bonds. The van der Waals surface area contributed by atoms with Crippen LogP contribution in [0, 0.1) is 6.92 Å². The van der Waals surface area contributed by atoms with Crippen molar-refractivity contribution >= 4 is 46.0 Å². The number of nitrogens with one attached hydrogen (secondary N) is 1. The summed E-state index contributed by atoms with van der Waals surface area (Å²) in [7, 11) is 1.35. The van der Waals surface area contributed by atoms with Gasteiger partial charge in [0.1, 0.15) is 5.00 Å². The van der Waals surface area contributed by atoms with E-state index in [1.807, 2.05) is 6.92 Å². The minimum absolute atomic E-state index is 0.0421. The van der Waals surface area contributed by atoms with Gasteiger partial charge in [0, 0.05) is 11.9 Å². The van der Waals surface area contributed by atoms with Crippen molar-refractivity contribution in [1.82, 2.24) is 4.90 Å². The van der Waals surface area contributed by atoms with Crippen LogP contribution in [0.25, 0.3) is 0 Å². The molecule has 0 spiro atoms. The number of nitrogens with zero attached hydrogens (tertiary/aromatic N) is 1. The van der Waals surface area contributed by atoms with Crippen LogP contribution in [-0.2, 0) is 20.7 Å². The molecule has 168 valence electrons. The molecular weight excluding hydrogens is 436 g/mol. The Morgan fingerprint density at radius 1 is 1.03 bits per heavy atom. The first kappa shape index (κ1) is 23.1. The smallest absolute Gasteiger partial charge is 0.341 e. The number of hydrogen-bond acceptors (Lipinski definition) is 8. The number of carbonyl (C=O) groups is 5. The van der Waals surface area contributed by atoms with Crippen molar-refractivity contribution in [3.63, 3.8) is 0 Å². The van der Waals surface area contributed by atoms with Gasteiger partial charge in [0.25, 0.3) is 17.7 Å². The molecule has 0 radical (unpaired) electrons. The molecule has 1 aliphatic heterocycles. The van der Waals surface area contributed by atoms with Gasteiger partial charge in [-0.2, -0.15) is 0 Å². The zero-order chi connectivity index (χ0) is 23.6. The maximum Gasteiger partial charge on any atom is 0.341 e. The standard InChI is InChI=1S/C22H22N2O7S/c1-5-15-11(3)17(22(29)30-6-2)18(32-15)23-16(25)10-31-21(28)12-7-8-13-14(9-12)20(27)24(4)19(13)26/h7-9H,5-6,10H2,1-4H3,(H,23,25). The Hall–Kier alpha value is -3.53. The summed E-state index contributed by atoms with van der Waals surface area (Å²) >= 11 is 1.27. The highest BCUT2D eigenvalue weighted by Gasteiger charge is 2.33. The highest BCUT2D eigenvalue weighted by molar-refractivity contribution is 7.17. The zero-order valence-corrected chi connectivity index (χ0v) is 18.9. The van der Waals surface area contributed by atoms with Gasteiger partial charge in [-0.15, -0.1) is 11.3 Å². The maximum absolute atomic E-state index is 12.4. The third-order valence-corrected chi connectivity index (χ3v) is 6.31. The summed E-state index contributed by atoms with van der Waals surface area (Å²) in [6.07, 6.45) is 0.683. The lowest BCUT2D eigenvalue weighted by molar-refractivity contribution is -0.119. The minimum atomic E-state index is -0.819. The van der Waals surface area contributed by atoms with Crippen molar-refractivity contribution in [2.24, 2.45) is 0 Å². The van der Waals surface area contributed by atoms with Crippen molar-refractivity contribution in [3.8, 4) is 0 Å². The van der Waals surface area contributed by atoms with E-state index in [-0.39, 0.29) is 23.3 Å². The van der Waals surface area contributed by atoms with Gasteiger partial charge in [-0.3, -0.25) is 19.3 Å². The van der Waals surface area contributed by atoms with Crippen molar-refractivity contribution in [3.05, 3.63) is 50.9 Å². The molecule has 0 fully saturated rings. The van der Waals surface area contributed by atoms with Crippen LogP contribution >= 0.6 is 11.3 Å². The predicted octanol–water partition coefficient (Wildman–Crippen LogP) is 2.82. The van der Waals surface area contributed by atoms with Gasteiger partial charge < -0.3 is 14.8 Å². The van der Waals surface area contributed by atoms with Gasteiger partial charge in [0.2, 0.25) is 0 Å². The first-order valence-corrected chi connectivity index (χ1v) is 10.7. The number of aryl methyl sites for hydroxylation is 1. The van der Waals surface area contributed by atoms with Crippen LogP contribution in [0.3, 0.4) is 0 Å². The lowest BCUT2D eigenvalue weighted by Crippen LogP contribution is -2.24. The maximum atomic E-state index is 12.4. The summed E-state index contributed by atoms with van der Waals surface area (Å²) in [6.45, 7) is 5.02. The summed E-state index contributed by atoms with van der Waals surface area (Å²) in [5.74, 6) is -2.93. The van der Waals surface area contributed by atoms with Crippen LogP contribution in [0.4, 0.5) is 5.00 Å². The first-order valence-electron chi connectivity index (χ1n) is 9.92. The number of esters is 2. The van der Waals surface area contributed by atoms with Gasteiger partial charge in [-0.05, 0) is 44.0 Å². The topological polar surface area (TPSA) is 119 Å². The van der Waals surface area contributed by atoms with Crippen LogP contribution in [0.2, 0.25) is 0 Å². The second-order valence-electron chi connectivity index (χ2n) is 6.98. The Kier molecular flexibility index (Phi) is 6.73. The van der Waals surface area contributed by atoms with E-state index in [9.17, 15) is 24.0 Å². The molecule has 32 heavy (non-hydrogen) atoms. The second kappa shape index (κ2) is 9.31. The molecule has 9 nitrogen and oxygen atoms in total. The van der Waals surface area contributed by atoms with Crippen LogP contribution < -0.4 is 5.32 Å². The van der Waals surface area contributed by atoms with Gasteiger partial charge in [0.15, 0.2) is 6.61 Å². The van der Waals surface area contributed by atoms with E-state index < -0.39 is 36.3 Å². The lowest BCUT2D eigenvalue weighted by atomic mass is 10.1. The average Bonchev–Trinajstić information content (AvgIpc) is 3.20. The fraction of sp³-hybridized carbons (Fsp3) is 0.318. The monoisotopic (exact) mass is 458 g/mol. The number of ether oxygens (including phenoxy) is 2. The average molecular weight is 458 g/mol. The number of imide groups is 1. The summed E-state index contributed by atoms with van der Waals surface area (Å²) in [6, 6.07) is 4.01. The molecule has 1 N–H and O–H groups in total. The summed E-state index contributed by atoms with van der Waals surface area (Å²) < 4.78 is 10.1. The normalized spacial score (nSPS) is 12.6. The number of thiophene rings is 1. The third-order valence-electron chi connectivity index (χ3n) is 4.96. The molecule has 2 aromatic rings. The van der Waals surface area contributed by atoms with E-state index in [1.165, 1.54) is 36.6 Å². The number of rotatable bonds is 7. The molecule has 0 saturated heterocycles. The number of benzene rings is 1. The molecule has 1 aromatic heterocycles. The summed E-state index contributed by atoms with van der Waals surface area (Å²) in [5, 5.41) is 2.95. The Labute approximate surface area is 188 Å². The molecule has 1 aromatic carbocycles. The molecule has 0 bridgehead atoms. The fourth-order valence-electron chi connectivity index (χ4n) is 3.30. The number of anilines is 1.